The van der Waals surface area contributed by atoms with Crippen LogP contribution in [0.4, 0.5) is 0 Å². The Balaban J connectivity index is 0.000000557. The molecule has 0 aliphatic heterocycles. The number of hydrogen-bond acceptors (Lipinski definition) is 5. The van der Waals surface area contributed by atoms with E-state index in [0.29, 0.717) is 18.9 Å². The van der Waals surface area contributed by atoms with Crippen LogP contribution in [0.2, 0.25) is 0 Å². The second-order valence-electron chi connectivity index (χ2n) is 10.1. The van der Waals surface area contributed by atoms with Crippen LogP contribution in [0.5, 0.6) is 0 Å². The van der Waals surface area contributed by atoms with E-state index >= 15 is 0 Å². The molecule has 4 atom stereocenters. The van der Waals surface area contributed by atoms with Crippen LogP contribution in [0.15, 0.2) is 37.0 Å². The molecule has 0 saturated carbocycles. The molecule has 0 heterocycles. The molecule has 2 N–H and O–H groups in total. The Hall–Kier alpha value is -1.43. The molecule has 0 spiro atoms. The fourth-order valence-electron chi connectivity index (χ4n) is 3.89. The summed E-state index contributed by atoms with van der Waals surface area (Å²) < 4.78 is 11.0. The minimum Gasteiger partial charge on any atom is -0.459 e. The Kier molecular flexibility index (Phi) is 12.1. The molecule has 0 unspecified atom stereocenters. The van der Waals surface area contributed by atoms with Crippen molar-refractivity contribution < 1.29 is 24.5 Å². The van der Waals surface area contributed by atoms with Crippen LogP contribution in [-0.4, -0.2) is 45.2 Å². The van der Waals surface area contributed by atoms with Gasteiger partial charge in [0.25, 0.3) is 0 Å². The van der Waals surface area contributed by atoms with Gasteiger partial charge in [-0.3, -0.25) is 4.79 Å². The molecule has 0 bridgehead atoms. The second kappa shape index (κ2) is 12.7. The SMILES string of the molecule is C=CCOC(C)(C)[C@H]1C=C[C@](C)(O)CC1.CC.CC(=O)OC(C)(C)[C@H]1C=C[C@](C)(O)CC1. The van der Waals surface area contributed by atoms with Crippen molar-refractivity contribution in [3.63, 3.8) is 0 Å². The molecule has 0 amide bonds. The van der Waals surface area contributed by atoms with Gasteiger partial charge in [0.15, 0.2) is 0 Å². The van der Waals surface area contributed by atoms with Crippen molar-refractivity contribution in [1.82, 2.24) is 0 Å². The number of carbonyl (C=O) groups is 1. The normalized spacial score (nSPS) is 29.7. The fourth-order valence-corrected chi connectivity index (χ4v) is 3.89. The third-order valence-corrected chi connectivity index (χ3v) is 6.06. The molecule has 0 aromatic rings. The number of aliphatic hydroxyl groups is 2. The van der Waals surface area contributed by atoms with Crippen LogP contribution < -0.4 is 0 Å². The summed E-state index contributed by atoms with van der Waals surface area (Å²) in [6, 6.07) is 0. The maximum Gasteiger partial charge on any atom is 0.303 e. The van der Waals surface area contributed by atoms with Crippen LogP contribution in [-0.2, 0) is 14.3 Å². The summed E-state index contributed by atoms with van der Waals surface area (Å²) in [6.07, 6.45) is 12.8. The van der Waals surface area contributed by atoms with E-state index in [-0.39, 0.29) is 17.5 Å². The van der Waals surface area contributed by atoms with Gasteiger partial charge in [0.2, 0.25) is 0 Å². The molecule has 32 heavy (non-hydrogen) atoms. The smallest absolute Gasteiger partial charge is 0.303 e. The summed E-state index contributed by atoms with van der Waals surface area (Å²) in [7, 11) is 0. The van der Waals surface area contributed by atoms with Gasteiger partial charge in [-0.1, -0.05) is 44.2 Å². The topological polar surface area (TPSA) is 76.0 Å². The van der Waals surface area contributed by atoms with E-state index in [9.17, 15) is 15.0 Å². The van der Waals surface area contributed by atoms with E-state index in [0.717, 1.165) is 19.3 Å². The number of ether oxygens (including phenoxy) is 2. The Labute approximate surface area is 196 Å². The first-order valence-electron chi connectivity index (χ1n) is 11.9. The van der Waals surface area contributed by atoms with Crippen molar-refractivity contribution in [3.05, 3.63) is 37.0 Å². The third-order valence-electron chi connectivity index (χ3n) is 6.06. The van der Waals surface area contributed by atoms with Crippen molar-refractivity contribution in [1.29, 1.82) is 0 Å². The van der Waals surface area contributed by atoms with Crippen molar-refractivity contribution in [2.45, 2.75) is 110 Å². The number of hydrogen-bond donors (Lipinski definition) is 2. The van der Waals surface area contributed by atoms with Crippen LogP contribution in [0.3, 0.4) is 0 Å². The van der Waals surface area contributed by atoms with Crippen LogP contribution >= 0.6 is 0 Å². The van der Waals surface area contributed by atoms with Gasteiger partial charge in [0, 0.05) is 18.8 Å². The largest absolute Gasteiger partial charge is 0.459 e. The lowest BCUT2D eigenvalue weighted by atomic mass is 9.78. The van der Waals surface area contributed by atoms with Gasteiger partial charge in [-0.15, -0.1) is 6.58 Å². The Bertz CT molecular complexity index is 640. The van der Waals surface area contributed by atoms with Gasteiger partial charge >= 0.3 is 5.97 Å². The predicted octanol–water partition coefficient (Wildman–Crippen LogP) is 5.76. The number of esters is 1. The maximum absolute atomic E-state index is 10.9. The van der Waals surface area contributed by atoms with Gasteiger partial charge in [0.1, 0.15) is 5.60 Å². The predicted molar refractivity (Wildman–Crippen MR) is 132 cm³/mol. The number of rotatable bonds is 6. The van der Waals surface area contributed by atoms with E-state index in [1.165, 1.54) is 6.92 Å². The van der Waals surface area contributed by atoms with Crippen molar-refractivity contribution in [2.75, 3.05) is 6.61 Å². The van der Waals surface area contributed by atoms with Crippen molar-refractivity contribution in [2.24, 2.45) is 11.8 Å². The van der Waals surface area contributed by atoms with E-state index < -0.39 is 16.8 Å². The highest BCUT2D eigenvalue weighted by atomic mass is 16.6. The first-order chi connectivity index (χ1) is 14.6. The average molecular weight is 453 g/mol. The maximum atomic E-state index is 10.9. The molecule has 186 valence electrons. The summed E-state index contributed by atoms with van der Waals surface area (Å²) in [6.45, 7) is 21.3. The molecule has 0 saturated heterocycles. The van der Waals surface area contributed by atoms with Crippen molar-refractivity contribution in [3.8, 4) is 0 Å². The minimum absolute atomic E-state index is 0.179. The zero-order valence-electron chi connectivity index (χ0n) is 21.9. The van der Waals surface area contributed by atoms with Crippen LogP contribution in [0, 0.1) is 11.8 Å². The zero-order chi connectivity index (χ0) is 25.2. The Morgan fingerprint density at radius 1 is 1.00 bits per heavy atom. The first kappa shape index (κ1) is 30.6. The summed E-state index contributed by atoms with van der Waals surface area (Å²) in [4.78, 5) is 10.9. The summed E-state index contributed by atoms with van der Waals surface area (Å²) in [5, 5.41) is 19.5. The van der Waals surface area contributed by atoms with Crippen LogP contribution in [0.1, 0.15) is 88.0 Å². The molecule has 2 aliphatic rings. The first-order valence-corrected chi connectivity index (χ1v) is 11.9. The molecule has 2 aliphatic carbocycles. The molecule has 5 heteroatoms. The van der Waals surface area contributed by atoms with E-state index in [1.807, 2.05) is 46.8 Å². The monoisotopic (exact) mass is 452 g/mol. The Morgan fingerprint density at radius 3 is 1.72 bits per heavy atom. The highest BCUT2D eigenvalue weighted by Crippen LogP contribution is 2.35. The summed E-state index contributed by atoms with van der Waals surface area (Å²) in [5.41, 5.74) is -2.01. The van der Waals surface area contributed by atoms with Gasteiger partial charge in [-0.05, 0) is 67.2 Å². The lowest BCUT2D eigenvalue weighted by Gasteiger charge is -2.37. The zero-order valence-corrected chi connectivity index (χ0v) is 21.9. The quantitative estimate of drug-likeness (QED) is 0.396. The number of carbonyl (C=O) groups excluding carboxylic acids is 1. The summed E-state index contributed by atoms with van der Waals surface area (Å²) in [5.74, 6) is 0.296. The summed E-state index contributed by atoms with van der Waals surface area (Å²) >= 11 is 0. The van der Waals surface area contributed by atoms with E-state index in [2.05, 4.69) is 26.5 Å². The highest BCUT2D eigenvalue weighted by molar-refractivity contribution is 5.66. The standard InChI is InChI=1S/C13H22O2.C12H20O3.C2H6/c1-5-10-15-12(2,3)11-6-8-13(4,14)9-7-11;1-9(13)15-11(2,3)10-5-7-12(4,14)8-6-10;1-2/h5-6,8,11,14H,1,7,9-10H2,2-4H3;5,7,10,14H,6,8H2,1-4H3;1-2H3/t11-,13-;10-,12-;/m00./s1. The molecule has 2 rings (SSSR count). The van der Waals surface area contributed by atoms with Gasteiger partial charge in [-0.25, -0.2) is 0 Å². The van der Waals surface area contributed by atoms with Crippen LogP contribution in [0.25, 0.3) is 0 Å². The van der Waals surface area contributed by atoms with E-state index in [4.69, 9.17) is 9.47 Å². The molecule has 0 aromatic heterocycles. The molecular formula is C27H48O5. The molecule has 0 radical (unpaired) electrons. The van der Waals surface area contributed by atoms with Gasteiger partial charge in [0.05, 0.1) is 23.4 Å². The average Bonchev–Trinajstić information content (AvgIpc) is 2.67. The highest BCUT2D eigenvalue weighted by Gasteiger charge is 2.35. The third kappa shape index (κ3) is 10.9. The molecule has 5 nitrogen and oxygen atoms in total. The van der Waals surface area contributed by atoms with E-state index in [1.54, 1.807) is 19.1 Å². The molecular weight excluding hydrogens is 404 g/mol. The lowest BCUT2D eigenvalue weighted by molar-refractivity contribution is -0.157. The lowest BCUT2D eigenvalue weighted by Crippen LogP contribution is -2.39. The fraction of sp³-hybridized carbons (Fsp3) is 0.741. The van der Waals surface area contributed by atoms with Crippen molar-refractivity contribution >= 4 is 5.97 Å². The van der Waals surface area contributed by atoms with Gasteiger partial charge in [-0.2, -0.15) is 0 Å². The minimum atomic E-state index is -0.706. The Morgan fingerprint density at radius 2 is 1.41 bits per heavy atom. The second-order valence-corrected chi connectivity index (χ2v) is 10.1. The van der Waals surface area contributed by atoms with Gasteiger partial charge < -0.3 is 19.7 Å². The molecule has 0 aromatic carbocycles. The molecule has 0 fully saturated rings.